The van der Waals surface area contributed by atoms with E-state index in [2.05, 4.69) is 10.6 Å². The van der Waals surface area contributed by atoms with Gasteiger partial charge in [0, 0.05) is 24.3 Å². The summed E-state index contributed by atoms with van der Waals surface area (Å²) in [6, 6.07) is 6.68. The summed E-state index contributed by atoms with van der Waals surface area (Å²) >= 11 is 0. The molecule has 0 unspecified atom stereocenters. The van der Waals surface area contributed by atoms with E-state index in [-0.39, 0.29) is 22.9 Å². The van der Waals surface area contributed by atoms with Crippen LogP contribution in [0, 0.1) is 17.8 Å². The summed E-state index contributed by atoms with van der Waals surface area (Å²) in [6.45, 7) is 1.44. The van der Waals surface area contributed by atoms with Gasteiger partial charge in [0.05, 0.1) is 11.4 Å². The van der Waals surface area contributed by atoms with Crippen LogP contribution in [0.4, 0.5) is 5.69 Å². The monoisotopic (exact) mass is 431 g/mol. The highest BCUT2D eigenvalue weighted by Crippen LogP contribution is 2.55. The zero-order chi connectivity index (χ0) is 20.8. The SMILES string of the molecule is O=C(CNC12CC3CC(CC(C3)C1)C2)Nc1cccc(S(=O)(=O)N2CCCCC2)c1. The van der Waals surface area contributed by atoms with Crippen molar-refractivity contribution in [3.8, 4) is 0 Å². The Balaban J connectivity index is 1.21. The number of carbonyl (C=O) groups is 1. The van der Waals surface area contributed by atoms with Gasteiger partial charge in [-0.2, -0.15) is 4.31 Å². The number of carbonyl (C=O) groups excluding carboxylic acids is 1. The van der Waals surface area contributed by atoms with E-state index in [9.17, 15) is 13.2 Å². The molecule has 1 aromatic rings. The van der Waals surface area contributed by atoms with Crippen LogP contribution in [0.2, 0.25) is 0 Å². The predicted octanol–water partition coefficient (Wildman–Crippen LogP) is 3.36. The molecular formula is C23H33N3O3S. The minimum atomic E-state index is -3.50. The lowest BCUT2D eigenvalue weighted by Crippen LogP contribution is -2.59. The second-order valence-corrected chi connectivity index (χ2v) is 12.0. The molecule has 7 heteroatoms. The average molecular weight is 432 g/mol. The smallest absolute Gasteiger partial charge is 0.243 e. The maximum atomic E-state index is 12.9. The van der Waals surface area contributed by atoms with Gasteiger partial charge in [0.2, 0.25) is 15.9 Å². The fourth-order valence-electron chi connectivity index (χ4n) is 6.79. The van der Waals surface area contributed by atoms with E-state index in [1.54, 1.807) is 28.6 Å². The fourth-order valence-corrected chi connectivity index (χ4v) is 8.35. The van der Waals surface area contributed by atoms with Crippen LogP contribution in [-0.4, -0.2) is 43.8 Å². The van der Waals surface area contributed by atoms with E-state index in [4.69, 9.17) is 0 Å². The quantitative estimate of drug-likeness (QED) is 0.724. The first-order valence-electron chi connectivity index (χ1n) is 11.6. The number of amides is 1. The summed E-state index contributed by atoms with van der Waals surface area (Å²) in [5, 5.41) is 6.51. The summed E-state index contributed by atoms with van der Waals surface area (Å²) in [5.41, 5.74) is 0.691. The molecule has 4 aliphatic carbocycles. The van der Waals surface area contributed by atoms with Gasteiger partial charge in [-0.05, 0) is 87.3 Å². The van der Waals surface area contributed by atoms with Crippen LogP contribution in [0.3, 0.4) is 0 Å². The highest BCUT2D eigenvalue weighted by atomic mass is 32.2. The summed E-state index contributed by atoms with van der Waals surface area (Å²) in [4.78, 5) is 12.9. The molecule has 2 N–H and O–H groups in total. The number of sulfonamides is 1. The standard InChI is InChI=1S/C23H33N3O3S/c27-22(16-24-23-13-17-9-18(14-23)11-19(10-17)15-23)25-20-5-4-6-21(12-20)30(28,29)26-7-2-1-3-8-26/h4-6,12,17-19,24H,1-3,7-11,13-16H2,(H,25,27). The molecule has 30 heavy (non-hydrogen) atoms. The number of hydrogen-bond acceptors (Lipinski definition) is 4. The van der Waals surface area contributed by atoms with Crippen molar-refractivity contribution in [2.24, 2.45) is 17.8 Å². The van der Waals surface area contributed by atoms with Crippen molar-refractivity contribution >= 4 is 21.6 Å². The highest BCUT2D eigenvalue weighted by Gasteiger charge is 2.50. The molecule has 1 heterocycles. The molecule has 1 saturated heterocycles. The lowest BCUT2D eigenvalue weighted by molar-refractivity contribution is -0.116. The van der Waals surface area contributed by atoms with Gasteiger partial charge < -0.3 is 10.6 Å². The van der Waals surface area contributed by atoms with Crippen molar-refractivity contribution in [1.82, 2.24) is 9.62 Å². The number of benzene rings is 1. The molecule has 5 aliphatic rings. The number of nitrogens with one attached hydrogen (secondary N) is 2. The van der Waals surface area contributed by atoms with Gasteiger partial charge in [0.25, 0.3) is 0 Å². The molecular weight excluding hydrogens is 398 g/mol. The Bertz CT molecular complexity index is 873. The maximum Gasteiger partial charge on any atom is 0.243 e. The molecule has 0 radical (unpaired) electrons. The normalized spacial score (nSPS) is 33.5. The Hall–Kier alpha value is -1.44. The molecule has 5 fully saturated rings. The third-order valence-corrected chi connectivity index (χ3v) is 9.63. The van der Waals surface area contributed by atoms with E-state index < -0.39 is 10.0 Å². The number of hydrogen-bond donors (Lipinski definition) is 2. The predicted molar refractivity (Wildman–Crippen MR) is 117 cm³/mol. The summed E-state index contributed by atoms with van der Waals surface area (Å²) in [6.07, 6.45) is 10.7. The molecule has 4 bridgehead atoms. The largest absolute Gasteiger partial charge is 0.325 e. The number of nitrogens with zero attached hydrogens (tertiary/aromatic N) is 1. The van der Waals surface area contributed by atoms with E-state index in [0.29, 0.717) is 18.8 Å². The first-order valence-corrected chi connectivity index (χ1v) is 13.0. The van der Waals surface area contributed by atoms with Gasteiger partial charge in [0.1, 0.15) is 0 Å². The van der Waals surface area contributed by atoms with Crippen molar-refractivity contribution in [2.45, 2.75) is 68.2 Å². The third-order valence-electron chi connectivity index (χ3n) is 7.73. The molecule has 1 aromatic carbocycles. The summed E-state index contributed by atoms with van der Waals surface area (Å²) in [5.74, 6) is 2.41. The zero-order valence-electron chi connectivity index (χ0n) is 17.6. The molecule has 4 saturated carbocycles. The van der Waals surface area contributed by atoms with Gasteiger partial charge in [-0.1, -0.05) is 12.5 Å². The van der Waals surface area contributed by atoms with E-state index in [1.165, 1.54) is 38.5 Å². The molecule has 6 nitrogen and oxygen atoms in total. The number of piperidine rings is 1. The van der Waals surface area contributed by atoms with Gasteiger partial charge in [0.15, 0.2) is 0 Å². The van der Waals surface area contributed by atoms with Crippen molar-refractivity contribution in [1.29, 1.82) is 0 Å². The van der Waals surface area contributed by atoms with Crippen LogP contribution >= 0.6 is 0 Å². The first kappa shape index (κ1) is 20.5. The van der Waals surface area contributed by atoms with E-state index >= 15 is 0 Å². The van der Waals surface area contributed by atoms with Crippen molar-refractivity contribution in [2.75, 3.05) is 25.0 Å². The molecule has 1 amide bonds. The fraction of sp³-hybridized carbons (Fsp3) is 0.696. The average Bonchev–Trinajstić information content (AvgIpc) is 2.72. The van der Waals surface area contributed by atoms with Gasteiger partial charge in [-0.3, -0.25) is 4.79 Å². The van der Waals surface area contributed by atoms with Gasteiger partial charge in [-0.15, -0.1) is 0 Å². The highest BCUT2D eigenvalue weighted by molar-refractivity contribution is 7.89. The van der Waals surface area contributed by atoms with Crippen LogP contribution < -0.4 is 10.6 Å². The summed E-state index contributed by atoms with van der Waals surface area (Å²) < 4.78 is 27.4. The van der Waals surface area contributed by atoms with E-state index in [0.717, 1.165) is 37.0 Å². The van der Waals surface area contributed by atoms with Crippen molar-refractivity contribution < 1.29 is 13.2 Å². The van der Waals surface area contributed by atoms with Crippen molar-refractivity contribution in [3.63, 3.8) is 0 Å². The Morgan fingerprint density at radius 3 is 2.27 bits per heavy atom. The summed E-state index contributed by atoms with van der Waals surface area (Å²) in [7, 11) is -3.50. The Kier molecular flexibility index (Phi) is 5.40. The second kappa shape index (κ2) is 7.92. The van der Waals surface area contributed by atoms with Gasteiger partial charge in [-0.25, -0.2) is 8.42 Å². The third kappa shape index (κ3) is 4.04. The first-order chi connectivity index (χ1) is 14.4. The minimum Gasteiger partial charge on any atom is -0.325 e. The number of rotatable bonds is 6. The number of anilines is 1. The molecule has 0 spiro atoms. The van der Waals surface area contributed by atoms with E-state index in [1.807, 2.05) is 0 Å². The van der Waals surface area contributed by atoms with Crippen LogP contribution in [0.25, 0.3) is 0 Å². The Morgan fingerprint density at radius 2 is 1.63 bits per heavy atom. The molecule has 1 aliphatic heterocycles. The molecule has 0 aromatic heterocycles. The Morgan fingerprint density at radius 1 is 1.00 bits per heavy atom. The zero-order valence-corrected chi connectivity index (χ0v) is 18.4. The maximum absolute atomic E-state index is 12.9. The second-order valence-electron chi connectivity index (χ2n) is 10.1. The Labute approximate surface area is 179 Å². The van der Waals surface area contributed by atoms with Crippen LogP contribution in [-0.2, 0) is 14.8 Å². The van der Waals surface area contributed by atoms with Crippen molar-refractivity contribution in [3.05, 3.63) is 24.3 Å². The van der Waals surface area contributed by atoms with Crippen LogP contribution in [0.15, 0.2) is 29.2 Å². The lowest BCUT2D eigenvalue weighted by atomic mass is 9.53. The minimum absolute atomic E-state index is 0.0988. The molecule has 0 atom stereocenters. The van der Waals surface area contributed by atoms with Crippen LogP contribution in [0.5, 0.6) is 0 Å². The lowest BCUT2D eigenvalue weighted by Gasteiger charge is -2.57. The van der Waals surface area contributed by atoms with Gasteiger partial charge >= 0.3 is 0 Å². The topological polar surface area (TPSA) is 78.5 Å². The van der Waals surface area contributed by atoms with Crippen LogP contribution in [0.1, 0.15) is 57.8 Å². The molecule has 164 valence electrons. The molecule has 6 rings (SSSR count).